The molecule has 0 aromatic heterocycles. The van der Waals surface area contributed by atoms with Crippen molar-refractivity contribution in [2.24, 2.45) is 0 Å². The van der Waals surface area contributed by atoms with Crippen molar-refractivity contribution in [3.63, 3.8) is 0 Å². The first-order chi connectivity index (χ1) is 8.58. The van der Waals surface area contributed by atoms with Crippen molar-refractivity contribution in [1.29, 1.82) is 0 Å². The van der Waals surface area contributed by atoms with Crippen LogP contribution >= 0.6 is 15.9 Å². The summed E-state index contributed by atoms with van der Waals surface area (Å²) in [6, 6.07) is 7.45. The van der Waals surface area contributed by atoms with Crippen LogP contribution in [0, 0.1) is 6.08 Å². The fourth-order valence-corrected chi connectivity index (χ4v) is 1.99. The minimum Gasteiger partial charge on any atom is -0.370 e. The molecule has 0 saturated carbocycles. The smallest absolute Gasteiger partial charge is 0.256 e. The van der Waals surface area contributed by atoms with Crippen molar-refractivity contribution >= 4 is 21.6 Å². The third kappa shape index (κ3) is 4.33. The molecule has 0 atom stereocenters. The molecule has 0 spiro atoms. The third-order valence-corrected chi connectivity index (χ3v) is 3.08. The number of nitrogens with zero attached hydrogens (tertiary/aromatic N) is 1. The number of hydrogen-bond donors (Lipinski definition) is 0. The Kier molecular flexibility index (Phi) is 6.57. The average molecular weight is 400 g/mol. The zero-order valence-electron chi connectivity index (χ0n) is 10.1. The topological polar surface area (TPSA) is 3.24 Å². The van der Waals surface area contributed by atoms with Gasteiger partial charge in [-0.15, -0.1) is 18.2 Å². The summed E-state index contributed by atoms with van der Waals surface area (Å²) in [7, 11) is 0. The van der Waals surface area contributed by atoms with Crippen LogP contribution in [-0.4, -0.2) is 17.9 Å². The number of hydrogen-bond acceptors (Lipinski definition) is 1. The molecular formula is C14H11BrF2NY-. The van der Waals surface area contributed by atoms with Crippen LogP contribution in [0.1, 0.15) is 5.56 Å². The van der Waals surface area contributed by atoms with Crippen LogP contribution in [0.4, 0.5) is 8.78 Å². The molecule has 5 heteroatoms. The quantitative estimate of drug-likeness (QED) is 0.687. The zero-order valence-corrected chi connectivity index (χ0v) is 14.5. The number of halogens is 3. The Bertz CT molecular complexity index is 509. The SMILES string of the molecule is C=C1C=C[C-]=C(c2ccc(Br)cc2)N1CC(F)F.[Y]. The largest absolute Gasteiger partial charge is 0.370 e. The number of benzene rings is 1. The normalized spacial score (nSPS) is 14.4. The number of rotatable bonds is 3. The van der Waals surface area contributed by atoms with Crippen LogP contribution in [0.15, 0.2) is 53.2 Å². The van der Waals surface area contributed by atoms with E-state index in [1.54, 1.807) is 12.2 Å². The predicted octanol–water partition coefficient (Wildman–Crippen LogP) is 4.24. The third-order valence-electron chi connectivity index (χ3n) is 2.55. The van der Waals surface area contributed by atoms with E-state index in [1.807, 2.05) is 24.3 Å². The Labute approximate surface area is 145 Å². The van der Waals surface area contributed by atoms with Gasteiger partial charge in [0.15, 0.2) is 0 Å². The van der Waals surface area contributed by atoms with Gasteiger partial charge < -0.3 is 4.90 Å². The minimum atomic E-state index is -2.42. The zero-order chi connectivity index (χ0) is 13.1. The van der Waals surface area contributed by atoms with E-state index in [0.717, 1.165) is 10.0 Å². The van der Waals surface area contributed by atoms with E-state index < -0.39 is 6.43 Å². The van der Waals surface area contributed by atoms with Crippen LogP contribution in [0.25, 0.3) is 5.70 Å². The number of allylic oxidation sites excluding steroid dienone is 3. The van der Waals surface area contributed by atoms with E-state index >= 15 is 0 Å². The fourth-order valence-electron chi connectivity index (χ4n) is 1.72. The van der Waals surface area contributed by atoms with Gasteiger partial charge in [0.1, 0.15) is 0 Å². The van der Waals surface area contributed by atoms with Gasteiger partial charge >= 0.3 is 0 Å². The van der Waals surface area contributed by atoms with Crippen LogP contribution in [-0.2, 0) is 32.7 Å². The molecule has 1 aromatic carbocycles. The first-order valence-electron chi connectivity index (χ1n) is 5.38. The van der Waals surface area contributed by atoms with Crippen molar-refractivity contribution in [2.45, 2.75) is 6.43 Å². The molecular weight excluding hydrogens is 389 g/mol. The second-order valence-electron chi connectivity index (χ2n) is 3.83. The molecule has 0 aliphatic carbocycles. The first kappa shape index (κ1) is 16.7. The van der Waals surface area contributed by atoms with Gasteiger partial charge in [-0.25, -0.2) is 8.78 Å². The predicted molar refractivity (Wildman–Crippen MR) is 71.8 cm³/mol. The van der Waals surface area contributed by atoms with Crippen LogP contribution in [0.5, 0.6) is 0 Å². The molecule has 1 radical (unpaired) electrons. The maximum atomic E-state index is 12.6. The molecule has 1 aromatic rings. The van der Waals surface area contributed by atoms with Crippen molar-refractivity contribution in [2.75, 3.05) is 6.54 Å². The summed E-state index contributed by atoms with van der Waals surface area (Å²) in [6.07, 6.45) is 3.94. The monoisotopic (exact) mass is 399 g/mol. The Hall–Kier alpha value is -0.316. The Morgan fingerprint density at radius 3 is 2.47 bits per heavy atom. The van der Waals surface area contributed by atoms with E-state index in [0.29, 0.717) is 11.4 Å². The molecule has 1 heterocycles. The van der Waals surface area contributed by atoms with Gasteiger partial charge in [0, 0.05) is 37.2 Å². The molecule has 0 fully saturated rings. The van der Waals surface area contributed by atoms with E-state index in [-0.39, 0.29) is 39.3 Å². The summed E-state index contributed by atoms with van der Waals surface area (Å²) < 4.78 is 26.1. The molecule has 0 saturated heterocycles. The van der Waals surface area contributed by atoms with Crippen molar-refractivity contribution in [3.8, 4) is 0 Å². The van der Waals surface area contributed by atoms with E-state index in [2.05, 4.69) is 28.6 Å². The molecule has 0 amide bonds. The van der Waals surface area contributed by atoms with Gasteiger partial charge in [-0.2, -0.15) is 12.2 Å². The van der Waals surface area contributed by atoms with Crippen molar-refractivity contribution in [1.82, 2.24) is 4.90 Å². The van der Waals surface area contributed by atoms with Gasteiger partial charge in [-0.3, -0.25) is 0 Å². The Morgan fingerprint density at radius 1 is 1.26 bits per heavy atom. The molecule has 1 aliphatic rings. The summed E-state index contributed by atoms with van der Waals surface area (Å²) in [5.41, 5.74) is 2.01. The van der Waals surface area contributed by atoms with Gasteiger partial charge in [0.2, 0.25) is 0 Å². The Balaban J connectivity index is 0.00000180. The second kappa shape index (κ2) is 7.46. The fraction of sp³-hybridized carbons (Fsp3) is 0.143. The van der Waals surface area contributed by atoms with Gasteiger partial charge in [-0.05, 0) is 5.70 Å². The molecule has 0 N–H and O–H groups in total. The summed E-state index contributed by atoms with van der Waals surface area (Å²) in [5.74, 6) is 0. The molecule has 19 heavy (non-hydrogen) atoms. The van der Waals surface area contributed by atoms with E-state index in [9.17, 15) is 8.78 Å². The summed E-state index contributed by atoms with van der Waals surface area (Å²) in [5, 5.41) is 0. The molecule has 97 valence electrons. The first-order valence-corrected chi connectivity index (χ1v) is 6.18. The maximum Gasteiger partial charge on any atom is 0.256 e. The number of alkyl halides is 2. The summed E-state index contributed by atoms with van der Waals surface area (Å²) in [4.78, 5) is 1.48. The molecule has 0 unspecified atom stereocenters. The minimum absolute atomic E-state index is 0. The van der Waals surface area contributed by atoms with Gasteiger partial charge in [-0.1, -0.05) is 45.9 Å². The van der Waals surface area contributed by atoms with Gasteiger partial charge in [0.25, 0.3) is 6.43 Å². The Morgan fingerprint density at radius 2 is 1.89 bits per heavy atom. The molecule has 1 nitrogen and oxygen atoms in total. The standard InChI is InChI=1S/C14H11BrF2N.Y/c1-10-3-2-4-13(18(10)9-14(16)17)11-5-7-12(15)8-6-11;/h2-3,5-8,14H,1,9H2;/q-1;. The summed E-state index contributed by atoms with van der Waals surface area (Å²) in [6.45, 7) is 3.40. The second-order valence-corrected chi connectivity index (χ2v) is 4.74. The van der Waals surface area contributed by atoms with Crippen LogP contribution in [0.2, 0.25) is 0 Å². The summed E-state index contributed by atoms with van der Waals surface area (Å²) >= 11 is 3.34. The van der Waals surface area contributed by atoms with E-state index in [4.69, 9.17) is 0 Å². The molecule has 1 aliphatic heterocycles. The van der Waals surface area contributed by atoms with Crippen LogP contribution in [0.3, 0.4) is 0 Å². The van der Waals surface area contributed by atoms with Gasteiger partial charge in [0.05, 0.1) is 6.54 Å². The van der Waals surface area contributed by atoms with Crippen LogP contribution < -0.4 is 0 Å². The van der Waals surface area contributed by atoms with Crippen molar-refractivity contribution < 1.29 is 41.5 Å². The molecule has 2 rings (SSSR count). The molecule has 0 bridgehead atoms. The maximum absolute atomic E-state index is 12.6. The average Bonchev–Trinajstić information content (AvgIpc) is 2.32. The van der Waals surface area contributed by atoms with Crippen molar-refractivity contribution in [3.05, 3.63) is 64.8 Å². The van der Waals surface area contributed by atoms with E-state index in [1.165, 1.54) is 4.90 Å².